The van der Waals surface area contributed by atoms with Crippen molar-refractivity contribution in [2.24, 2.45) is 5.92 Å². The second-order valence-corrected chi connectivity index (χ2v) is 3.59. The highest BCUT2D eigenvalue weighted by Gasteiger charge is 2.19. The topological polar surface area (TPSA) is 42.9 Å². The summed E-state index contributed by atoms with van der Waals surface area (Å²) in [6.45, 7) is 0. The third-order valence-corrected chi connectivity index (χ3v) is 2.54. The molecule has 0 spiro atoms. The molecule has 1 heterocycles. The minimum atomic E-state index is 0.110. The van der Waals surface area contributed by atoms with Gasteiger partial charge in [0.25, 0.3) is 0 Å². The molecule has 13 heavy (non-hydrogen) atoms. The maximum absolute atomic E-state index is 10.6. The Hall–Kier alpha value is -0.960. The molecule has 0 fully saturated rings. The zero-order valence-electron chi connectivity index (χ0n) is 7.03. The molecule has 1 aromatic rings. The van der Waals surface area contributed by atoms with E-state index in [1.165, 1.54) is 0 Å². The molecular formula is C9H9ClN2O. The number of nitrogens with zero attached hydrogens (tertiary/aromatic N) is 2. The van der Waals surface area contributed by atoms with Gasteiger partial charge < -0.3 is 4.79 Å². The summed E-state index contributed by atoms with van der Waals surface area (Å²) in [5, 5.41) is 0.269. The van der Waals surface area contributed by atoms with Crippen molar-refractivity contribution in [3.05, 3.63) is 22.7 Å². The minimum absolute atomic E-state index is 0.110. The zero-order chi connectivity index (χ0) is 9.26. The molecule has 1 atom stereocenters. The van der Waals surface area contributed by atoms with E-state index in [9.17, 15) is 4.79 Å². The number of aldehydes is 1. The normalized spacial score (nSPS) is 20.8. The van der Waals surface area contributed by atoms with Crippen LogP contribution in [-0.4, -0.2) is 16.3 Å². The van der Waals surface area contributed by atoms with Gasteiger partial charge in [-0.1, -0.05) is 0 Å². The quantitative estimate of drug-likeness (QED) is 0.504. The molecule has 1 aromatic heterocycles. The van der Waals surface area contributed by atoms with Crippen LogP contribution < -0.4 is 0 Å². The van der Waals surface area contributed by atoms with Crippen LogP contribution in [0.2, 0.25) is 5.28 Å². The first kappa shape index (κ1) is 8.63. The van der Waals surface area contributed by atoms with E-state index in [0.29, 0.717) is 6.42 Å². The lowest BCUT2D eigenvalue weighted by Crippen LogP contribution is -2.17. The van der Waals surface area contributed by atoms with Gasteiger partial charge in [0, 0.05) is 17.8 Å². The van der Waals surface area contributed by atoms with Gasteiger partial charge in [0.2, 0.25) is 5.28 Å². The number of rotatable bonds is 1. The average molecular weight is 197 g/mol. The lowest BCUT2D eigenvalue weighted by atomic mass is 9.89. The number of carbonyl (C=O) groups is 1. The van der Waals surface area contributed by atoms with Crippen molar-refractivity contribution in [3.63, 3.8) is 0 Å². The molecule has 1 aliphatic rings. The van der Waals surface area contributed by atoms with E-state index >= 15 is 0 Å². The van der Waals surface area contributed by atoms with E-state index < -0.39 is 0 Å². The molecular weight excluding hydrogens is 188 g/mol. The van der Waals surface area contributed by atoms with Crippen LogP contribution in [-0.2, 0) is 17.6 Å². The summed E-state index contributed by atoms with van der Waals surface area (Å²) < 4.78 is 0. The van der Waals surface area contributed by atoms with Gasteiger partial charge in [0.05, 0.1) is 0 Å². The molecule has 0 saturated heterocycles. The first-order valence-electron chi connectivity index (χ1n) is 4.25. The highest BCUT2D eigenvalue weighted by atomic mass is 35.5. The second-order valence-electron chi connectivity index (χ2n) is 3.25. The Morgan fingerprint density at radius 3 is 3.23 bits per heavy atom. The fraction of sp³-hybridized carbons (Fsp3) is 0.444. The van der Waals surface area contributed by atoms with Crippen LogP contribution in [0.25, 0.3) is 0 Å². The molecule has 1 unspecified atom stereocenters. The molecule has 0 aliphatic heterocycles. The van der Waals surface area contributed by atoms with Crippen molar-refractivity contribution in [1.29, 1.82) is 0 Å². The van der Waals surface area contributed by atoms with Crippen LogP contribution >= 0.6 is 11.6 Å². The van der Waals surface area contributed by atoms with Crippen LogP contribution in [0.4, 0.5) is 0 Å². The van der Waals surface area contributed by atoms with Crippen LogP contribution in [0.1, 0.15) is 17.7 Å². The van der Waals surface area contributed by atoms with Gasteiger partial charge in [-0.25, -0.2) is 9.97 Å². The van der Waals surface area contributed by atoms with Crippen molar-refractivity contribution in [1.82, 2.24) is 9.97 Å². The Bertz CT molecular complexity index is 340. The van der Waals surface area contributed by atoms with E-state index in [2.05, 4.69) is 9.97 Å². The van der Waals surface area contributed by atoms with Gasteiger partial charge in [-0.15, -0.1) is 0 Å². The molecule has 0 amide bonds. The number of carbonyl (C=O) groups excluding carboxylic acids is 1. The third-order valence-electron chi connectivity index (χ3n) is 2.36. The maximum Gasteiger partial charge on any atom is 0.222 e. The monoisotopic (exact) mass is 196 g/mol. The van der Waals surface area contributed by atoms with Gasteiger partial charge >= 0.3 is 0 Å². The molecule has 0 radical (unpaired) electrons. The lowest BCUT2D eigenvalue weighted by molar-refractivity contribution is -0.111. The van der Waals surface area contributed by atoms with E-state index in [1.54, 1.807) is 6.20 Å². The number of aryl methyl sites for hydroxylation is 1. The van der Waals surface area contributed by atoms with E-state index in [-0.39, 0.29) is 11.2 Å². The van der Waals surface area contributed by atoms with Crippen LogP contribution in [0.15, 0.2) is 6.20 Å². The largest absolute Gasteiger partial charge is 0.303 e. The maximum atomic E-state index is 10.6. The minimum Gasteiger partial charge on any atom is -0.303 e. The summed E-state index contributed by atoms with van der Waals surface area (Å²) in [4.78, 5) is 18.6. The predicted molar refractivity (Wildman–Crippen MR) is 48.6 cm³/mol. The molecule has 0 aromatic carbocycles. The molecule has 0 bridgehead atoms. The van der Waals surface area contributed by atoms with Crippen LogP contribution in [0.5, 0.6) is 0 Å². The smallest absolute Gasteiger partial charge is 0.222 e. The molecule has 0 saturated carbocycles. The Morgan fingerprint density at radius 2 is 2.46 bits per heavy atom. The van der Waals surface area contributed by atoms with E-state index in [1.807, 2.05) is 0 Å². The van der Waals surface area contributed by atoms with Gasteiger partial charge in [0.1, 0.15) is 6.29 Å². The summed E-state index contributed by atoms with van der Waals surface area (Å²) in [5.41, 5.74) is 2.06. The van der Waals surface area contributed by atoms with Gasteiger partial charge in [-0.05, 0) is 36.4 Å². The number of hydrogen-bond acceptors (Lipinski definition) is 3. The number of aromatic nitrogens is 2. The SMILES string of the molecule is O=CC1CCc2cnc(Cl)nc2C1. The Balaban J connectivity index is 2.32. The Morgan fingerprint density at radius 1 is 1.62 bits per heavy atom. The van der Waals surface area contributed by atoms with Crippen LogP contribution in [0, 0.1) is 5.92 Å². The zero-order valence-corrected chi connectivity index (χ0v) is 7.79. The standard InChI is InChI=1S/C9H9ClN2O/c10-9-11-4-7-2-1-6(5-13)3-8(7)12-9/h4-6H,1-3H2. The van der Waals surface area contributed by atoms with Crippen molar-refractivity contribution in [3.8, 4) is 0 Å². The fourth-order valence-corrected chi connectivity index (χ4v) is 1.76. The molecule has 2 rings (SSSR count). The molecule has 4 heteroatoms. The van der Waals surface area contributed by atoms with Crippen molar-refractivity contribution in [2.75, 3.05) is 0 Å². The van der Waals surface area contributed by atoms with Crippen molar-refractivity contribution < 1.29 is 4.79 Å². The van der Waals surface area contributed by atoms with E-state index in [4.69, 9.17) is 11.6 Å². The molecule has 1 aliphatic carbocycles. The van der Waals surface area contributed by atoms with Gasteiger partial charge in [-0.3, -0.25) is 0 Å². The van der Waals surface area contributed by atoms with Crippen molar-refractivity contribution >= 4 is 17.9 Å². The summed E-state index contributed by atoms with van der Waals surface area (Å²) in [5.74, 6) is 0.110. The summed E-state index contributed by atoms with van der Waals surface area (Å²) in [6, 6.07) is 0. The average Bonchev–Trinajstić information content (AvgIpc) is 2.16. The number of halogens is 1. The lowest BCUT2D eigenvalue weighted by Gasteiger charge is -2.18. The Kier molecular flexibility index (Phi) is 2.27. The second kappa shape index (κ2) is 3.42. The predicted octanol–water partition coefficient (Wildman–Crippen LogP) is 1.43. The van der Waals surface area contributed by atoms with E-state index in [0.717, 1.165) is 30.4 Å². The summed E-state index contributed by atoms with van der Waals surface area (Å²) in [6.07, 6.45) is 5.25. The van der Waals surface area contributed by atoms with Crippen LogP contribution in [0.3, 0.4) is 0 Å². The summed E-state index contributed by atoms with van der Waals surface area (Å²) in [7, 11) is 0. The van der Waals surface area contributed by atoms with Gasteiger partial charge in [0.15, 0.2) is 0 Å². The molecule has 68 valence electrons. The highest BCUT2D eigenvalue weighted by molar-refractivity contribution is 6.28. The molecule has 3 nitrogen and oxygen atoms in total. The summed E-state index contributed by atoms with van der Waals surface area (Å²) >= 11 is 5.66. The Labute approximate surface area is 81.2 Å². The number of fused-ring (bicyclic) bond motifs is 1. The first-order valence-corrected chi connectivity index (χ1v) is 4.63. The third kappa shape index (κ3) is 1.70. The molecule has 0 N–H and O–H groups in total. The van der Waals surface area contributed by atoms with Crippen molar-refractivity contribution in [2.45, 2.75) is 19.3 Å². The fourth-order valence-electron chi connectivity index (χ4n) is 1.61. The van der Waals surface area contributed by atoms with Gasteiger partial charge in [-0.2, -0.15) is 0 Å². The first-order chi connectivity index (χ1) is 6.29. The number of hydrogen-bond donors (Lipinski definition) is 0. The highest BCUT2D eigenvalue weighted by Crippen LogP contribution is 2.22.